The molecule has 0 saturated carbocycles. The summed E-state index contributed by atoms with van der Waals surface area (Å²) in [4.78, 5) is 5.52. The average molecular weight is 206 g/mol. The van der Waals surface area contributed by atoms with Gasteiger partial charge in [-0.1, -0.05) is 6.07 Å². The first-order valence-electron chi connectivity index (χ1n) is 3.75. The molecule has 64 valence electrons. The van der Waals surface area contributed by atoms with Gasteiger partial charge in [0.15, 0.2) is 0 Å². The Morgan fingerprint density at radius 1 is 1.46 bits per heavy atom. The van der Waals surface area contributed by atoms with Crippen molar-refractivity contribution in [2.75, 3.05) is 0 Å². The van der Waals surface area contributed by atoms with Gasteiger partial charge in [0.25, 0.3) is 0 Å². The fourth-order valence-corrected chi connectivity index (χ4v) is 2.62. The van der Waals surface area contributed by atoms with E-state index in [0.717, 1.165) is 10.7 Å². The molecule has 0 saturated heterocycles. The van der Waals surface area contributed by atoms with Crippen molar-refractivity contribution in [3.8, 4) is 16.0 Å². The molecule has 0 amide bonds. The van der Waals surface area contributed by atoms with Crippen LogP contribution < -0.4 is 0 Å². The molecule has 2 heterocycles. The Bertz CT molecular complexity index is 423. The number of thiazole rings is 1. The van der Waals surface area contributed by atoms with Gasteiger partial charge in [0.05, 0.1) is 23.1 Å². The summed E-state index contributed by atoms with van der Waals surface area (Å²) in [6.07, 6.45) is 0.405. The highest BCUT2D eigenvalue weighted by Crippen LogP contribution is 2.27. The van der Waals surface area contributed by atoms with Crippen LogP contribution in [0.2, 0.25) is 0 Å². The van der Waals surface area contributed by atoms with E-state index in [1.807, 2.05) is 22.9 Å². The third-order valence-electron chi connectivity index (χ3n) is 1.54. The summed E-state index contributed by atoms with van der Waals surface area (Å²) in [6, 6.07) is 6.14. The maximum Gasteiger partial charge on any atom is 0.133 e. The number of aromatic nitrogens is 1. The van der Waals surface area contributed by atoms with Crippen LogP contribution in [0.1, 0.15) is 5.69 Å². The van der Waals surface area contributed by atoms with Gasteiger partial charge >= 0.3 is 0 Å². The Labute approximate surface area is 84.1 Å². The van der Waals surface area contributed by atoms with Gasteiger partial charge in [0.2, 0.25) is 0 Å². The predicted molar refractivity (Wildman–Crippen MR) is 54.7 cm³/mol. The van der Waals surface area contributed by atoms with Crippen molar-refractivity contribution in [2.45, 2.75) is 6.42 Å². The van der Waals surface area contributed by atoms with Gasteiger partial charge < -0.3 is 0 Å². The number of thiophene rings is 1. The van der Waals surface area contributed by atoms with Crippen molar-refractivity contribution < 1.29 is 0 Å². The molecule has 2 aromatic heterocycles. The summed E-state index contributed by atoms with van der Waals surface area (Å²) in [6.45, 7) is 0. The topological polar surface area (TPSA) is 36.7 Å². The maximum absolute atomic E-state index is 8.48. The normalized spacial score (nSPS) is 9.77. The van der Waals surface area contributed by atoms with Gasteiger partial charge in [-0.15, -0.1) is 22.7 Å². The Balaban J connectivity index is 2.29. The van der Waals surface area contributed by atoms with E-state index < -0.39 is 0 Å². The SMILES string of the molecule is N#CCc1csc(-c2cccs2)n1. The van der Waals surface area contributed by atoms with Gasteiger partial charge in [0.1, 0.15) is 5.01 Å². The molecule has 0 unspecified atom stereocenters. The van der Waals surface area contributed by atoms with Gasteiger partial charge in [-0.05, 0) is 11.4 Å². The Morgan fingerprint density at radius 2 is 2.38 bits per heavy atom. The summed E-state index contributed by atoms with van der Waals surface area (Å²) in [7, 11) is 0. The number of nitriles is 1. The van der Waals surface area contributed by atoms with Crippen LogP contribution in [0.25, 0.3) is 9.88 Å². The highest BCUT2D eigenvalue weighted by atomic mass is 32.1. The van der Waals surface area contributed by atoms with Crippen LogP contribution in [0.3, 0.4) is 0 Å². The molecule has 0 aliphatic heterocycles. The lowest BCUT2D eigenvalue weighted by Crippen LogP contribution is -1.79. The molecule has 0 radical (unpaired) electrons. The number of rotatable bonds is 2. The van der Waals surface area contributed by atoms with Crippen molar-refractivity contribution in [1.29, 1.82) is 5.26 Å². The molecule has 2 nitrogen and oxygen atoms in total. The fourth-order valence-electron chi connectivity index (χ4n) is 0.983. The van der Waals surface area contributed by atoms with Gasteiger partial charge in [0, 0.05) is 5.38 Å². The molecule has 0 aliphatic carbocycles. The van der Waals surface area contributed by atoms with E-state index in [4.69, 9.17) is 5.26 Å². The molecule has 0 atom stereocenters. The Hall–Kier alpha value is -1.18. The quantitative estimate of drug-likeness (QED) is 0.757. The van der Waals surface area contributed by atoms with E-state index in [1.165, 1.54) is 4.88 Å². The second-order valence-corrected chi connectivity index (χ2v) is 4.26. The molecule has 0 aliphatic rings. The van der Waals surface area contributed by atoms with E-state index in [1.54, 1.807) is 22.7 Å². The molecule has 13 heavy (non-hydrogen) atoms. The minimum Gasteiger partial charge on any atom is -0.239 e. The van der Waals surface area contributed by atoms with Crippen LogP contribution in [0.15, 0.2) is 22.9 Å². The van der Waals surface area contributed by atoms with Crippen molar-refractivity contribution in [1.82, 2.24) is 4.98 Å². The zero-order chi connectivity index (χ0) is 9.10. The second-order valence-electron chi connectivity index (χ2n) is 2.46. The van der Waals surface area contributed by atoms with Crippen molar-refractivity contribution in [3.63, 3.8) is 0 Å². The molecule has 2 aromatic rings. The van der Waals surface area contributed by atoms with Gasteiger partial charge in [-0.2, -0.15) is 5.26 Å². The summed E-state index contributed by atoms with van der Waals surface area (Å²) >= 11 is 3.27. The third kappa shape index (κ3) is 1.77. The molecule has 2 rings (SSSR count). The number of nitrogens with zero attached hydrogens (tertiary/aromatic N) is 2. The first-order valence-corrected chi connectivity index (χ1v) is 5.51. The van der Waals surface area contributed by atoms with E-state index in [2.05, 4.69) is 11.1 Å². The van der Waals surface area contributed by atoms with Crippen LogP contribution in [-0.4, -0.2) is 4.98 Å². The van der Waals surface area contributed by atoms with Crippen molar-refractivity contribution in [3.05, 3.63) is 28.6 Å². The van der Waals surface area contributed by atoms with E-state index >= 15 is 0 Å². The van der Waals surface area contributed by atoms with E-state index in [9.17, 15) is 0 Å². The van der Waals surface area contributed by atoms with Crippen LogP contribution in [0, 0.1) is 11.3 Å². The summed E-state index contributed by atoms with van der Waals surface area (Å²) < 4.78 is 0. The second kappa shape index (κ2) is 3.69. The van der Waals surface area contributed by atoms with E-state index in [0.29, 0.717) is 6.42 Å². The lowest BCUT2D eigenvalue weighted by atomic mass is 10.4. The lowest BCUT2D eigenvalue weighted by molar-refractivity contribution is 1.16. The summed E-state index contributed by atoms with van der Waals surface area (Å²) in [5, 5.41) is 13.5. The molecule has 0 N–H and O–H groups in total. The predicted octanol–water partition coefficient (Wildman–Crippen LogP) is 2.94. The minimum absolute atomic E-state index is 0.405. The Kier molecular flexibility index (Phi) is 2.39. The van der Waals surface area contributed by atoms with Gasteiger partial charge in [-0.25, -0.2) is 4.98 Å². The van der Waals surface area contributed by atoms with Crippen LogP contribution in [0.5, 0.6) is 0 Å². The van der Waals surface area contributed by atoms with Crippen LogP contribution >= 0.6 is 22.7 Å². The summed E-state index contributed by atoms with van der Waals surface area (Å²) in [5.74, 6) is 0. The maximum atomic E-state index is 8.48. The lowest BCUT2D eigenvalue weighted by Gasteiger charge is -1.85. The molecule has 0 bridgehead atoms. The van der Waals surface area contributed by atoms with Gasteiger partial charge in [-0.3, -0.25) is 0 Å². The smallest absolute Gasteiger partial charge is 0.133 e. The van der Waals surface area contributed by atoms with Crippen molar-refractivity contribution >= 4 is 22.7 Å². The zero-order valence-electron chi connectivity index (χ0n) is 6.73. The first kappa shape index (κ1) is 8.42. The highest BCUT2D eigenvalue weighted by Gasteiger charge is 2.04. The Morgan fingerprint density at radius 3 is 3.08 bits per heavy atom. The van der Waals surface area contributed by atoms with Crippen LogP contribution in [-0.2, 0) is 6.42 Å². The molecule has 4 heteroatoms. The highest BCUT2D eigenvalue weighted by molar-refractivity contribution is 7.20. The number of hydrogen-bond donors (Lipinski definition) is 0. The average Bonchev–Trinajstić information content (AvgIpc) is 2.70. The third-order valence-corrected chi connectivity index (χ3v) is 3.47. The van der Waals surface area contributed by atoms with E-state index in [-0.39, 0.29) is 0 Å². The fraction of sp³-hybridized carbons (Fsp3) is 0.111. The molecule has 0 fully saturated rings. The standard InChI is InChI=1S/C9H6N2S2/c10-4-3-7-6-13-9(11-7)8-2-1-5-12-8/h1-2,5-6H,3H2. The molecular weight excluding hydrogens is 200 g/mol. The zero-order valence-corrected chi connectivity index (χ0v) is 8.36. The minimum atomic E-state index is 0.405. The van der Waals surface area contributed by atoms with Crippen molar-refractivity contribution in [2.24, 2.45) is 0 Å². The number of hydrogen-bond acceptors (Lipinski definition) is 4. The monoisotopic (exact) mass is 206 g/mol. The summed E-state index contributed by atoms with van der Waals surface area (Å²) in [5.41, 5.74) is 0.871. The molecule has 0 aromatic carbocycles. The first-order chi connectivity index (χ1) is 6.40. The van der Waals surface area contributed by atoms with Crippen LogP contribution in [0.4, 0.5) is 0 Å². The molecule has 0 spiro atoms. The largest absolute Gasteiger partial charge is 0.239 e. The molecular formula is C9H6N2S2.